The summed E-state index contributed by atoms with van der Waals surface area (Å²) in [5, 5.41) is 9.10. The molecule has 0 radical (unpaired) electrons. The van der Waals surface area contributed by atoms with E-state index in [2.05, 4.69) is 25.9 Å². The van der Waals surface area contributed by atoms with Gasteiger partial charge in [0.25, 0.3) is 5.91 Å². The van der Waals surface area contributed by atoms with Crippen molar-refractivity contribution < 1.29 is 14.3 Å². The zero-order chi connectivity index (χ0) is 22.1. The number of amides is 2. The molecule has 0 bridgehead atoms. The van der Waals surface area contributed by atoms with Gasteiger partial charge in [0.05, 0.1) is 12.1 Å². The molecule has 2 amide bonds. The van der Waals surface area contributed by atoms with Gasteiger partial charge in [-0.15, -0.1) is 0 Å². The van der Waals surface area contributed by atoms with Crippen LogP contribution in [-0.4, -0.2) is 35.5 Å². The SMILES string of the molecule is COCC(=O)Nc1cccc(NCc2ncc(C(N)=O)c(NCc3ccccc3)n2)c1. The second kappa shape index (κ2) is 10.7. The van der Waals surface area contributed by atoms with Crippen LogP contribution >= 0.6 is 0 Å². The molecule has 3 rings (SSSR count). The summed E-state index contributed by atoms with van der Waals surface area (Å²) in [5.41, 5.74) is 8.14. The maximum absolute atomic E-state index is 11.7. The Hall–Kier alpha value is -3.98. The monoisotopic (exact) mass is 420 g/mol. The zero-order valence-corrected chi connectivity index (χ0v) is 17.1. The van der Waals surface area contributed by atoms with E-state index in [4.69, 9.17) is 10.5 Å². The van der Waals surface area contributed by atoms with Gasteiger partial charge in [0.15, 0.2) is 0 Å². The second-order valence-corrected chi connectivity index (χ2v) is 6.67. The number of carbonyl (C=O) groups is 2. The smallest absolute Gasteiger partial charge is 0.254 e. The molecule has 0 atom stereocenters. The van der Waals surface area contributed by atoms with Crippen LogP contribution in [0.2, 0.25) is 0 Å². The predicted molar refractivity (Wildman–Crippen MR) is 119 cm³/mol. The number of methoxy groups -OCH3 is 1. The first-order chi connectivity index (χ1) is 15.0. The Labute approximate surface area is 180 Å². The molecule has 9 nitrogen and oxygen atoms in total. The van der Waals surface area contributed by atoms with E-state index in [9.17, 15) is 9.59 Å². The molecule has 0 saturated carbocycles. The number of hydrogen-bond donors (Lipinski definition) is 4. The molecular weight excluding hydrogens is 396 g/mol. The summed E-state index contributed by atoms with van der Waals surface area (Å²) in [6.45, 7) is 0.791. The predicted octanol–water partition coefficient (Wildman–Crippen LogP) is 2.38. The first kappa shape index (κ1) is 21.7. The largest absolute Gasteiger partial charge is 0.378 e. The Balaban J connectivity index is 1.67. The van der Waals surface area contributed by atoms with Gasteiger partial charge in [-0.25, -0.2) is 9.97 Å². The summed E-state index contributed by atoms with van der Waals surface area (Å²) in [4.78, 5) is 32.1. The minimum atomic E-state index is -0.602. The second-order valence-electron chi connectivity index (χ2n) is 6.67. The van der Waals surface area contributed by atoms with Crippen LogP contribution < -0.4 is 21.7 Å². The van der Waals surface area contributed by atoms with E-state index >= 15 is 0 Å². The van der Waals surface area contributed by atoms with Gasteiger partial charge in [-0.3, -0.25) is 9.59 Å². The third-order valence-electron chi connectivity index (χ3n) is 4.28. The van der Waals surface area contributed by atoms with E-state index in [0.717, 1.165) is 11.3 Å². The molecule has 0 aliphatic carbocycles. The molecule has 3 aromatic rings. The summed E-state index contributed by atoms with van der Waals surface area (Å²) in [7, 11) is 1.46. The van der Waals surface area contributed by atoms with Crippen molar-refractivity contribution in [2.24, 2.45) is 5.73 Å². The van der Waals surface area contributed by atoms with E-state index in [1.165, 1.54) is 13.3 Å². The lowest BCUT2D eigenvalue weighted by molar-refractivity contribution is -0.119. The van der Waals surface area contributed by atoms with E-state index in [1.807, 2.05) is 42.5 Å². The summed E-state index contributed by atoms with van der Waals surface area (Å²) in [5.74, 6) is 0.0202. The molecule has 2 aromatic carbocycles. The Morgan fingerprint density at radius 2 is 1.77 bits per heavy atom. The summed E-state index contributed by atoms with van der Waals surface area (Å²) < 4.78 is 4.81. The average Bonchev–Trinajstić information content (AvgIpc) is 2.77. The topological polar surface area (TPSA) is 131 Å². The van der Waals surface area contributed by atoms with Crippen LogP contribution in [0.5, 0.6) is 0 Å². The average molecular weight is 420 g/mol. The van der Waals surface area contributed by atoms with Gasteiger partial charge in [-0.05, 0) is 23.8 Å². The number of benzene rings is 2. The molecule has 1 aromatic heterocycles. The van der Waals surface area contributed by atoms with Crippen LogP contribution in [0.25, 0.3) is 0 Å². The van der Waals surface area contributed by atoms with Crippen LogP contribution in [0.1, 0.15) is 21.7 Å². The van der Waals surface area contributed by atoms with Gasteiger partial charge >= 0.3 is 0 Å². The quantitative estimate of drug-likeness (QED) is 0.396. The van der Waals surface area contributed by atoms with E-state index in [-0.39, 0.29) is 18.1 Å². The van der Waals surface area contributed by atoms with Gasteiger partial charge < -0.3 is 26.4 Å². The van der Waals surface area contributed by atoms with Crippen LogP contribution in [0.3, 0.4) is 0 Å². The number of nitrogens with two attached hydrogens (primary N) is 1. The Morgan fingerprint density at radius 1 is 1.00 bits per heavy atom. The molecule has 9 heteroatoms. The van der Waals surface area contributed by atoms with Crippen molar-refractivity contribution in [3.63, 3.8) is 0 Å². The minimum Gasteiger partial charge on any atom is -0.378 e. The van der Waals surface area contributed by atoms with Crippen molar-refractivity contribution in [3.05, 3.63) is 77.7 Å². The number of primary amides is 1. The number of nitrogens with zero attached hydrogens (tertiary/aromatic N) is 2. The van der Waals surface area contributed by atoms with Crippen molar-refractivity contribution in [3.8, 4) is 0 Å². The van der Waals surface area contributed by atoms with Crippen LogP contribution in [0.15, 0.2) is 60.8 Å². The van der Waals surface area contributed by atoms with Gasteiger partial charge in [0.2, 0.25) is 5.91 Å². The van der Waals surface area contributed by atoms with Gasteiger partial charge in [-0.2, -0.15) is 0 Å². The lowest BCUT2D eigenvalue weighted by Crippen LogP contribution is -2.18. The fourth-order valence-corrected chi connectivity index (χ4v) is 2.82. The highest BCUT2D eigenvalue weighted by molar-refractivity contribution is 5.97. The Bertz CT molecular complexity index is 1040. The molecule has 160 valence electrons. The van der Waals surface area contributed by atoms with Crippen LogP contribution in [0.4, 0.5) is 17.2 Å². The lowest BCUT2D eigenvalue weighted by atomic mass is 10.2. The molecule has 1 heterocycles. The number of nitrogens with one attached hydrogen (secondary N) is 3. The van der Waals surface area contributed by atoms with Crippen molar-refractivity contribution in [1.82, 2.24) is 9.97 Å². The number of carbonyl (C=O) groups excluding carboxylic acids is 2. The lowest BCUT2D eigenvalue weighted by Gasteiger charge is -2.12. The van der Waals surface area contributed by atoms with Gasteiger partial charge in [0.1, 0.15) is 18.2 Å². The van der Waals surface area contributed by atoms with Gasteiger partial charge in [0, 0.05) is 31.2 Å². The number of aromatic nitrogens is 2. The van der Waals surface area contributed by atoms with Gasteiger partial charge in [-0.1, -0.05) is 36.4 Å². The number of rotatable bonds is 10. The highest BCUT2D eigenvalue weighted by Crippen LogP contribution is 2.17. The summed E-state index contributed by atoms with van der Waals surface area (Å²) >= 11 is 0. The van der Waals surface area contributed by atoms with Crippen LogP contribution in [0, 0.1) is 0 Å². The zero-order valence-electron chi connectivity index (χ0n) is 17.1. The minimum absolute atomic E-state index is 0.0174. The van der Waals surface area contributed by atoms with Crippen LogP contribution in [-0.2, 0) is 22.6 Å². The first-order valence-corrected chi connectivity index (χ1v) is 9.61. The van der Waals surface area contributed by atoms with Crippen molar-refractivity contribution >= 4 is 29.0 Å². The third kappa shape index (κ3) is 6.51. The molecule has 31 heavy (non-hydrogen) atoms. The van der Waals surface area contributed by atoms with E-state index in [0.29, 0.717) is 30.4 Å². The van der Waals surface area contributed by atoms with Crippen molar-refractivity contribution in [2.45, 2.75) is 13.1 Å². The number of hydrogen-bond acceptors (Lipinski definition) is 7. The van der Waals surface area contributed by atoms with E-state index in [1.54, 1.807) is 12.1 Å². The first-order valence-electron chi connectivity index (χ1n) is 9.61. The summed E-state index contributed by atoms with van der Waals surface area (Å²) in [6, 6.07) is 17.0. The Morgan fingerprint density at radius 3 is 2.52 bits per heavy atom. The fourth-order valence-electron chi connectivity index (χ4n) is 2.82. The van der Waals surface area contributed by atoms with Crippen molar-refractivity contribution in [2.75, 3.05) is 29.7 Å². The Kier molecular flexibility index (Phi) is 7.50. The maximum Gasteiger partial charge on any atom is 0.254 e. The third-order valence-corrected chi connectivity index (χ3v) is 4.28. The number of anilines is 3. The molecule has 5 N–H and O–H groups in total. The molecule has 0 spiro atoms. The molecule has 0 fully saturated rings. The molecule has 0 aliphatic rings. The standard InChI is InChI=1S/C22H24N6O3/c1-31-14-20(29)27-17-9-5-8-16(10-17)24-13-19-25-12-18(21(23)30)22(28-19)26-11-15-6-3-2-4-7-15/h2-10,12,24H,11,13-14H2,1H3,(H2,23,30)(H,27,29)(H,25,26,28). The molecule has 0 unspecified atom stereocenters. The number of ether oxygens (including phenoxy) is 1. The highest BCUT2D eigenvalue weighted by atomic mass is 16.5. The normalized spacial score (nSPS) is 10.4. The van der Waals surface area contributed by atoms with Crippen molar-refractivity contribution in [1.29, 1.82) is 0 Å². The molecule has 0 aliphatic heterocycles. The maximum atomic E-state index is 11.7. The highest BCUT2D eigenvalue weighted by Gasteiger charge is 2.12. The summed E-state index contributed by atoms with van der Waals surface area (Å²) in [6.07, 6.45) is 1.42. The van der Waals surface area contributed by atoms with E-state index < -0.39 is 5.91 Å². The molecular formula is C22H24N6O3. The fraction of sp³-hybridized carbons (Fsp3) is 0.182. The molecule has 0 saturated heterocycles.